The maximum Gasteiger partial charge on any atom is 0.120 e. The van der Waals surface area contributed by atoms with E-state index in [4.69, 9.17) is 15.6 Å². The molecule has 0 unspecified atom stereocenters. The van der Waals surface area contributed by atoms with Crippen molar-refractivity contribution >= 4 is 0 Å². The van der Waals surface area contributed by atoms with Gasteiger partial charge in [0.1, 0.15) is 12.4 Å². The second-order valence-electron chi connectivity index (χ2n) is 4.45. The second kappa shape index (κ2) is 10.3. The number of hydrogen-bond acceptors (Lipinski definition) is 4. The lowest BCUT2D eigenvalue weighted by molar-refractivity contribution is 0.168. The first-order chi connectivity index (χ1) is 9.80. The van der Waals surface area contributed by atoms with Crippen LogP contribution in [0.5, 0.6) is 5.75 Å². The van der Waals surface area contributed by atoms with E-state index in [0.29, 0.717) is 19.7 Å². The van der Waals surface area contributed by atoms with Gasteiger partial charge in [0.25, 0.3) is 0 Å². The van der Waals surface area contributed by atoms with Crippen LogP contribution in [0.3, 0.4) is 0 Å². The van der Waals surface area contributed by atoms with Gasteiger partial charge in [-0.15, -0.1) is 0 Å². The normalized spacial score (nSPS) is 10.2. The summed E-state index contributed by atoms with van der Waals surface area (Å²) in [6.07, 6.45) is 1.07. The lowest BCUT2D eigenvalue weighted by Crippen LogP contribution is -2.31. The Morgan fingerprint density at radius 3 is 2.85 bits per heavy atom. The van der Waals surface area contributed by atoms with E-state index >= 15 is 0 Å². The molecule has 4 nitrogen and oxygen atoms in total. The summed E-state index contributed by atoms with van der Waals surface area (Å²) in [5.41, 5.74) is 6.26. The van der Waals surface area contributed by atoms with Crippen molar-refractivity contribution < 1.29 is 9.84 Å². The van der Waals surface area contributed by atoms with E-state index in [0.717, 1.165) is 30.8 Å². The van der Waals surface area contributed by atoms with Crippen molar-refractivity contribution in [2.75, 3.05) is 39.4 Å². The van der Waals surface area contributed by atoms with Crippen LogP contribution >= 0.6 is 0 Å². The average molecular weight is 276 g/mol. The molecule has 110 valence electrons. The molecule has 0 atom stereocenters. The Bertz CT molecular complexity index is 432. The number of ether oxygens (including phenoxy) is 1. The van der Waals surface area contributed by atoms with E-state index in [-0.39, 0.29) is 6.61 Å². The Hall–Kier alpha value is -1.54. The predicted molar refractivity (Wildman–Crippen MR) is 81.7 cm³/mol. The molecule has 0 amide bonds. The average Bonchev–Trinajstić information content (AvgIpc) is 2.46. The van der Waals surface area contributed by atoms with Gasteiger partial charge in [0.05, 0.1) is 13.2 Å². The number of nitrogens with two attached hydrogens (primary N) is 1. The van der Waals surface area contributed by atoms with Gasteiger partial charge >= 0.3 is 0 Å². The minimum atomic E-state index is 0.185. The van der Waals surface area contributed by atoms with Crippen molar-refractivity contribution in [1.82, 2.24) is 4.90 Å². The molecule has 0 saturated heterocycles. The molecule has 0 saturated carbocycles. The van der Waals surface area contributed by atoms with Crippen LogP contribution in [0.15, 0.2) is 24.3 Å². The summed E-state index contributed by atoms with van der Waals surface area (Å²) in [7, 11) is 0. The minimum Gasteiger partial charge on any atom is -0.492 e. The van der Waals surface area contributed by atoms with Gasteiger partial charge in [-0.05, 0) is 31.2 Å². The highest BCUT2D eigenvalue weighted by molar-refractivity contribution is 5.39. The standard InChI is InChI=1S/C16H24N2O2/c1-2-9-18(10-12-19)11-13-20-16-7-3-5-15(14-16)6-4-8-17/h3,5,7,14,19H,2,8-13,17H2,1H3. The monoisotopic (exact) mass is 276 g/mol. The topological polar surface area (TPSA) is 58.7 Å². The minimum absolute atomic E-state index is 0.185. The van der Waals surface area contributed by atoms with Gasteiger partial charge in [0.2, 0.25) is 0 Å². The molecular formula is C16H24N2O2. The van der Waals surface area contributed by atoms with E-state index in [2.05, 4.69) is 23.7 Å². The number of rotatable bonds is 8. The molecule has 0 aliphatic rings. The van der Waals surface area contributed by atoms with Crippen LogP contribution in [0, 0.1) is 11.8 Å². The van der Waals surface area contributed by atoms with Crippen LogP contribution in [0.25, 0.3) is 0 Å². The Balaban J connectivity index is 2.44. The van der Waals surface area contributed by atoms with Crippen molar-refractivity contribution in [3.63, 3.8) is 0 Å². The fourth-order valence-corrected chi connectivity index (χ4v) is 1.90. The fourth-order valence-electron chi connectivity index (χ4n) is 1.90. The first-order valence-corrected chi connectivity index (χ1v) is 7.05. The van der Waals surface area contributed by atoms with Gasteiger partial charge < -0.3 is 15.6 Å². The van der Waals surface area contributed by atoms with E-state index in [9.17, 15) is 0 Å². The molecule has 1 aromatic carbocycles. The molecule has 20 heavy (non-hydrogen) atoms. The summed E-state index contributed by atoms with van der Waals surface area (Å²) in [5, 5.41) is 8.99. The van der Waals surface area contributed by atoms with Crippen LogP contribution in [0.2, 0.25) is 0 Å². The van der Waals surface area contributed by atoms with Crippen molar-refractivity contribution in [3.05, 3.63) is 29.8 Å². The molecule has 3 N–H and O–H groups in total. The molecule has 0 aliphatic carbocycles. The Morgan fingerprint density at radius 2 is 2.15 bits per heavy atom. The molecule has 0 bridgehead atoms. The Morgan fingerprint density at radius 1 is 1.30 bits per heavy atom. The number of hydrogen-bond donors (Lipinski definition) is 2. The molecule has 1 rings (SSSR count). The molecule has 0 aliphatic heterocycles. The van der Waals surface area contributed by atoms with Crippen molar-refractivity contribution in [1.29, 1.82) is 0 Å². The van der Waals surface area contributed by atoms with Gasteiger partial charge in [-0.1, -0.05) is 24.8 Å². The molecule has 0 fully saturated rings. The highest BCUT2D eigenvalue weighted by atomic mass is 16.5. The molecule has 0 heterocycles. The highest BCUT2D eigenvalue weighted by Gasteiger charge is 2.03. The number of benzene rings is 1. The first kappa shape index (κ1) is 16.5. The third-order valence-electron chi connectivity index (χ3n) is 2.80. The van der Waals surface area contributed by atoms with Crippen molar-refractivity contribution in [3.8, 4) is 17.6 Å². The smallest absolute Gasteiger partial charge is 0.120 e. The predicted octanol–water partition coefficient (Wildman–Crippen LogP) is 1.08. The van der Waals surface area contributed by atoms with Crippen LogP contribution in [0.4, 0.5) is 0 Å². The molecule has 0 radical (unpaired) electrons. The van der Waals surface area contributed by atoms with Gasteiger partial charge in [-0.25, -0.2) is 0 Å². The lowest BCUT2D eigenvalue weighted by Gasteiger charge is -2.20. The number of nitrogens with zero attached hydrogens (tertiary/aromatic N) is 1. The second-order valence-corrected chi connectivity index (χ2v) is 4.45. The maximum absolute atomic E-state index is 8.99. The van der Waals surface area contributed by atoms with Crippen molar-refractivity contribution in [2.45, 2.75) is 13.3 Å². The number of aliphatic hydroxyl groups excluding tert-OH is 1. The van der Waals surface area contributed by atoms with Crippen LogP contribution in [-0.2, 0) is 0 Å². The van der Waals surface area contributed by atoms with E-state index in [1.54, 1.807) is 0 Å². The summed E-state index contributed by atoms with van der Waals surface area (Å²) < 4.78 is 5.73. The van der Waals surface area contributed by atoms with Gasteiger partial charge in [-0.2, -0.15) is 0 Å². The first-order valence-electron chi connectivity index (χ1n) is 7.05. The zero-order valence-corrected chi connectivity index (χ0v) is 12.1. The summed E-state index contributed by atoms with van der Waals surface area (Å²) in [4.78, 5) is 2.19. The van der Waals surface area contributed by atoms with Gasteiger partial charge in [0, 0.05) is 18.7 Å². The third-order valence-corrected chi connectivity index (χ3v) is 2.80. The maximum atomic E-state index is 8.99. The summed E-state index contributed by atoms with van der Waals surface area (Å²) in [5.74, 6) is 6.63. The van der Waals surface area contributed by atoms with Gasteiger partial charge in [-0.3, -0.25) is 4.90 Å². The molecule has 0 aromatic heterocycles. The zero-order valence-electron chi connectivity index (χ0n) is 12.1. The Labute approximate surface area is 121 Å². The quantitative estimate of drug-likeness (QED) is 0.698. The van der Waals surface area contributed by atoms with Crippen molar-refractivity contribution in [2.24, 2.45) is 5.73 Å². The highest BCUT2D eigenvalue weighted by Crippen LogP contribution is 2.12. The van der Waals surface area contributed by atoms with Crippen LogP contribution < -0.4 is 10.5 Å². The van der Waals surface area contributed by atoms with E-state index < -0.39 is 0 Å². The summed E-state index contributed by atoms with van der Waals surface area (Å²) in [6.45, 7) is 5.76. The molecule has 0 spiro atoms. The Kier molecular flexibility index (Phi) is 8.48. The molecular weight excluding hydrogens is 252 g/mol. The van der Waals surface area contributed by atoms with E-state index in [1.807, 2.05) is 24.3 Å². The SMILES string of the molecule is CCCN(CCO)CCOc1cccc(C#CCN)c1. The fraction of sp³-hybridized carbons (Fsp3) is 0.500. The van der Waals surface area contributed by atoms with Crippen LogP contribution in [0.1, 0.15) is 18.9 Å². The van der Waals surface area contributed by atoms with E-state index in [1.165, 1.54) is 0 Å². The molecule has 4 heteroatoms. The third kappa shape index (κ3) is 6.58. The summed E-state index contributed by atoms with van der Waals surface area (Å²) >= 11 is 0. The molecule has 1 aromatic rings. The zero-order chi connectivity index (χ0) is 14.6. The largest absolute Gasteiger partial charge is 0.492 e. The van der Waals surface area contributed by atoms with Crippen LogP contribution in [-0.4, -0.2) is 49.4 Å². The number of aliphatic hydroxyl groups is 1. The summed E-state index contributed by atoms with van der Waals surface area (Å²) in [6, 6.07) is 7.70. The van der Waals surface area contributed by atoms with Gasteiger partial charge in [0.15, 0.2) is 0 Å². The lowest BCUT2D eigenvalue weighted by atomic mass is 10.2.